The molecule has 7 heteroatoms. The van der Waals surface area contributed by atoms with Gasteiger partial charge in [0, 0.05) is 18.1 Å². The van der Waals surface area contributed by atoms with Crippen LogP contribution < -0.4 is 9.47 Å². The highest BCUT2D eigenvalue weighted by Gasteiger charge is 2.22. The molecule has 0 atom stereocenters. The number of hydrogen-bond donors (Lipinski definition) is 1. The number of carbonyl (C=O) groups is 1. The molecule has 1 saturated carbocycles. The number of halogens is 2. The highest BCUT2D eigenvalue weighted by Crippen LogP contribution is 2.34. The standard InChI is InChI=1S/C20H21ClFNO4/c1-12-7-17(23-18(8-12)27-11-13-4-5-13)14-9-15(21)20(16(22)10-14)26-6-2-3-19(24)25/h7-10,13H,2-6,11H2,1H3,(H,24,25). The number of carboxylic acid groups (broad SMARTS) is 1. The van der Waals surface area contributed by atoms with Crippen molar-refractivity contribution in [1.82, 2.24) is 4.98 Å². The van der Waals surface area contributed by atoms with E-state index in [-0.39, 0.29) is 30.2 Å². The lowest BCUT2D eigenvalue weighted by Gasteiger charge is -2.12. The minimum atomic E-state index is -0.925. The van der Waals surface area contributed by atoms with E-state index in [9.17, 15) is 9.18 Å². The van der Waals surface area contributed by atoms with Gasteiger partial charge >= 0.3 is 5.97 Å². The highest BCUT2D eigenvalue weighted by atomic mass is 35.5. The van der Waals surface area contributed by atoms with Crippen LogP contribution in [0, 0.1) is 18.7 Å². The van der Waals surface area contributed by atoms with Crippen molar-refractivity contribution in [3.05, 3.63) is 40.7 Å². The van der Waals surface area contributed by atoms with Gasteiger partial charge in [-0.3, -0.25) is 4.79 Å². The molecule has 0 saturated heterocycles. The third-order valence-corrected chi connectivity index (χ3v) is 4.47. The fraction of sp³-hybridized carbons (Fsp3) is 0.400. The van der Waals surface area contributed by atoms with Crippen molar-refractivity contribution in [2.45, 2.75) is 32.6 Å². The van der Waals surface area contributed by atoms with Crippen LogP contribution in [-0.4, -0.2) is 29.3 Å². The monoisotopic (exact) mass is 393 g/mol. The molecule has 1 N–H and O–H groups in total. The van der Waals surface area contributed by atoms with E-state index in [0.29, 0.717) is 29.7 Å². The molecule has 0 amide bonds. The summed E-state index contributed by atoms with van der Waals surface area (Å²) in [6, 6.07) is 6.58. The molecular weight excluding hydrogens is 373 g/mol. The summed E-state index contributed by atoms with van der Waals surface area (Å²) in [6.45, 7) is 2.64. The molecule has 1 aromatic heterocycles. The van der Waals surface area contributed by atoms with E-state index in [1.54, 1.807) is 6.07 Å². The molecule has 27 heavy (non-hydrogen) atoms. The maximum Gasteiger partial charge on any atom is 0.303 e. The summed E-state index contributed by atoms with van der Waals surface area (Å²) < 4.78 is 25.5. The van der Waals surface area contributed by atoms with Gasteiger partial charge in [0.1, 0.15) is 0 Å². The number of hydrogen-bond acceptors (Lipinski definition) is 4. The second-order valence-electron chi connectivity index (χ2n) is 6.74. The average Bonchev–Trinajstić information content (AvgIpc) is 3.42. The van der Waals surface area contributed by atoms with Gasteiger partial charge in [0.2, 0.25) is 5.88 Å². The first-order valence-corrected chi connectivity index (χ1v) is 9.25. The summed E-state index contributed by atoms with van der Waals surface area (Å²) in [5, 5.41) is 8.74. The quantitative estimate of drug-likeness (QED) is 0.615. The minimum absolute atomic E-state index is 0.0475. The zero-order valence-corrected chi connectivity index (χ0v) is 15.8. The Labute approximate surface area is 162 Å². The smallest absolute Gasteiger partial charge is 0.303 e. The Morgan fingerprint density at radius 2 is 2.07 bits per heavy atom. The highest BCUT2D eigenvalue weighted by molar-refractivity contribution is 6.32. The van der Waals surface area contributed by atoms with E-state index in [1.165, 1.54) is 18.9 Å². The zero-order chi connectivity index (χ0) is 19.4. The lowest BCUT2D eigenvalue weighted by Crippen LogP contribution is -2.04. The lowest BCUT2D eigenvalue weighted by atomic mass is 10.1. The average molecular weight is 394 g/mol. The lowest BCUT2D eigenvalue weighted by molar-refractivity contribution is -0.137. The molecule has 1 fully saturated rings. The number of aryl methyl sites for hydroxylation is 1. The van der Waals surface area contributed by atoms with E-state index in [0.717, 1.165) is 5.56 Å². The van der Waals surface area contributed by atoms with Crippen LogP contribution in [0.5, 0.6) is 11.6 Å². The van der Waals surface area contributed by atoms with Crippen molar-refractivity contribution in [1.29, 1.82) is 0 Å². The normalized spacial score (nSPS) is 13.4. The largest absolute Gasteiger partial charge is 0.489 e. The summed E-state index contributed by atoms with van der Waals surface area (Å²) >= 11 is 6.18. The summed E-state index contributed by atoms with van der Waals surface area (Å²) in [5.41, 5.74) is 2.05. The van der Waals surface area contributed by atoms with Gasteiger partial charge in [0.05, 0.1) is 23.9 Å². The van der Waals surface area contributed by atoms with Crippen molar-refractivity contribution in [2.24, 2.45) is 5.92 Å². The Morgan fingerprint density at radius 1 is 1.30 bits per heavy atom. The number of aromatic nitrogens is 1. The molecule has 0 spiro atoms. The van der Waals surface area contributed by atoms with E-state index >= 15 is 0 Å². The number of benzene rings is 1. The second-order valence-corrected chi connectivity index (χ2v) is 7.14. The fourth-order valence-electron chi connectivity index (χ4n) is 2.59. The molecule has 3 rings (SSSR count). The number of pyridine rings is 1. The van der Waals surface area contributed by atoms with Crippen LogP contribution in [0.1, 0.15) is 31.2 Å². The van der Waals surface area contributed by atoms with Crippen molar-refractivity contribution < 1.29 is 23.8 Å². The van der Waals surface area contributed by atoms with Gasteiger partial charge in [-0.25, -0.2) is 9.37 Å². The van der Waals surface area contributed by atoms with Crippen LogP contribution in [0.3, 0.4) is 0 Å². The molecule has 1 aliphatic carbocycles. The Balaban J connectivity index is 1.75. The van der Waals surface area contributed by atoms with E-state index in [1.807, 2.05) is 19.1 Å². The van der Waals surface area contributed by atoms with Gasteiger partial charge in [0.25, 0.3) is 0 Å². The number of aliphatic carboxylic acids is 1. The molecular formula is C20H21ClFNO4. The molecule has 0 radical (unpaired) electrons. The van der Waals surface area contributed by atoms with Gasteiger partial charge in [0.15, 0.2) is 11.6 Å². The SMILES string of the molecule is Cc1cc(OCC2CC2)nc(-c2cc(F)c(OCCCC(=O)O)c(Cl)c2)c1. The molecule has 0 unspecified atom stereocenters. The van der Waals surface area contributed by atoms with Crippen LogP contribution in [-0.2, 0) is 4.79 Å². The third kappa shape index (κ3) is 5.57. The summed E-state index contributed by atoms with van der Waals surface area (Å²) in [6.07, 6.45) is 2.60. The molecule has 0 aliphatic heterocycles. The van der Waals surface area contributed by atoms with Crippen LogP contribution in [0.15, 0.2) is 24.3 Å². The molecule has 1 aliphatic rings. The first-order chi connectivity index (χ1) is 12.9. The Bertz CT molecular complexity index is 816. The first-order valence-electron chi connectivity index (χ1n) is 8.88. The summed E-state index contributed by atoms with van der Waals surface area (Å²) in [4.78, 5) is 15.0. The summed E-state index contributed by atoms with van der Waals surface area (Å²) in [7, 11) is 0. The van der Waals surface area contributed by atoms with Crippen LogP contribution in [0.4, 0.5) is 4.39 Å². The number of rotatable bonds is 9. The zero-order valence-electron chi connectivity index (χ0n) is 15.0. The first kappa shape index (κ1) is 19.4. The molecule has 1 aromatic carbocycles. The van der Waals surface area contributed by atoms with Crippen LogP contribution >= 0.6 is 11.6 Å². The predicted molar refractivity (Wildman–Crippen MR) is 100.0 cm³/mol. The van der Waals surface area contributed by atoms with Gasteiger partial charge < -0.3 is 14.6 Å². The van der Waals surface area contributed by atoms with Crippen molar-refractivity contribution >= 4 is 17.6 Å². The topological polar surface area (TPSA) is 68.7 Å². The van der Waals surface area contributed by atoms with Crippen LogP contribution in [0.2, 0.25) is 5.02 Å². The van der Waals surface area contributed by atoms with Gasteiger partial charge in [-0.05, 0) is 55.9 Å². The van der Waals surface area contributed by atoms with E-state index in [4.69, 9.17) is 26.2 Å². The number of carboxylic acids is 1. The van der Waals surface area contributed by atoms with Crippen molar-refractivity contribution in [3.8, 4) is 22.9 Å². The Kier molecular flexibility index (Phi) is 6.16. The van der Waals surface area contributed by atoms with Crippen molar-refractivity contribution in [3.63, 3.8) is 0 Å². The van der Waals surface area contributed by atoms with Gasteiger partial charge in [-0.2, -0.15) is 0 Å². The molecule has 1 heterocycles. The third-order valence-electron chi connectivity index (χ3n) is 4.19. The molecule has 2 aromatic rings. The van der Waals surface area contributed by atoms with Gasteiger partial charge in [-0.15, -0.1) is 0 Å². The Morgan fingerprint density at radius 3 is 2.74 bits per heavy atom. The van der Waals surface area contributed by atoms with E-state index in [2.05, 4.69) is 4.98 Å². The fourth-order valence-corrected chi connectivity index (χ4v) is 2.85. The summed E-state index contributed by atoms with van der Waals surface area (Å²) in [5.74, 6) is -0.492. The second kappa shape index (κ2) is 8.57. The maximum atomic E-state index is 14.5. The van der Waals surface area contributed by atoms with Crippen LogP contribution in [0.25, 0.3) is 11.3 Å². The molecule has 5 nitrogen and oxygen atoms in total. The molecule has 144 valence electrons. The van der Waals surface area contributed by atoms with E-state index < -0.39 is 11.8 Å². The van der Waals surface area contributed by atoms with Crippen molar-refractivity contribution in [2.75, 3.05) is 13.2 Å². The minimum Gasteiger partial charge on any atom is -0.489 e. The maximum absolute atomic E-state index is 14.5. The predicted octanol–water partition coefficient (Wildman–Crippen LogP) is 4.88. The van der Waals surface area contributed by atoms with Gasteiger partial charge in [-0.1, -0.05) is 11.6 Å². The molecule has 0 bridgehead atoms. The number of nitrogens with zero attached hydrogens (tertiary/aromatic N) is 1. The Hall–Kier alpha value is -2.34. The number of ether oxygens (including phenoxy) is 2.